The Bertz CT molecular complexity index is 694. The van der Waals surface area contributed by atoms with Crippen molar-refractivity contribution >= 4 is 17.9 Å². The average molecular weight is 362 g/mol. The van der Waals surface area contributed by atoms with Crippen LogP contribution < -0.4 is 15.4 Å². The third-order valence-corrected chi connectivity index (χ3v) is 3.83. The van der Waals surface area contributed by atoms with Crippen molar-refractivity contribution in [1.82, 2.24) is 10.6 Å². The van der Waals surface area contributed by atoms with Gasteiger partial charge >= 0.3 is 12.0 Å². The number of fused-ring (bicyclic) bond motifs is 1. The molecular weight excluding hydrogens is 336 g/mol. The molecule has 0 aliphatic heterocycles. The minimum atomic E-state index is -1.10. The second-order valence-corrected chi connectivity index (χ2v) is 7.40. The van der Waals surface area contributed by atoms with Gasteiger partial charge in [-0.25, -0.2) is 9.59 Å². The third kappa shape index (κ3) is 6.06. The Balaban J connectivity index is 1.76. The average Bonchev–Trinajstić information content (AvgIpc) is 2.98. The fourth-order valence-electron chi connectivity index (χ4n) is 2.65. The SMILES string of the molecule is C[C@H](OC(=O)COc1ccc2c(c1)CCC2)C(=O)NC(=O)NC(C)(C)C. The standard InChI is InChI=1S/C19H26N2O5/c1-12(17(23)20-18(24)21-19(2,3)4)26-16(22)11-25-15-9-8-13-6-5-7-14(13)10-15/h8-10,12H,5-7,11H2,1-4H3,(H2,20,21,23,24)/t12-/m0/s1. The first-order valence-electron chi connectivity index (χ1n) is 8.71. The van der Waals surface area contributed by atoms with Gasteiger partial charge in [-0.1, -0.05) is 6.07 Å². The van der Waals surface area contributed by atoms with E-state index < -0.39 is 29.6 Å². The van der Waals surface area contributed by atoms with Crippen molar-refractivity contribution in [3.8, 4) is 5.75 Å². The van der Waals surface area contributed by atoms with Crippen molar-refractivity contribution in [2.45, 2.75) is 58.6 Å². The molecule has 1 aliphatic rings. The zero-order valence-electron chi connectivity index (χ0n) is 15.7. The Morgan fingerprint density at radius 1 is 1.15 bits per heavy atom. The lowest BCUT2D eigenvalue weighted by molar-refractivity contribution is -0.156. The first-order valence-corrected chi connectivity index (χ1v) is 8.71. The number of amides is 3. The maximum Gasteiger partial charge on any atom is 0.344 e. The lowest BCUT2D eigenvalue weighted by atomic mass is 10.1. The molecule has 0 unspecified atom stereocenters. The lowest BCUT2D eigenvalue weighted by Gasteiger charge is -2.21. The third-order valence-electron chi connectivity index (χ3n) is 3.83. The summed E-state index contributed by atoms with van der Waals surface area (Å²) >= 11 is 0. The number of benzene rings is 1. The van der Waals surface area contributed by atoms with E-state index in [0.717, 1.165) is 19.3 Å². The van der Waals surface area contributed by atoms with Crippen LogP contribution in [-0.4, -0.2) is 36.2 Å². The fraction of sp³-hybridized carbons (Fsp3) is 0.526. The molecular formula is C19H26N2O5. The molecule has 1 aromatic rings. The van der Waals surface area contributed by atoms with Gasteiger partial charge in [-0.15, -0.1) is 0 Å². The van der Waals surface area contributed by atoms with E-state index in [1.165, 1.54) is 18.1 Å². The lowest BCUT2D eigenvalue weighted by Crippen LogP contribution is -2.50. The molecule has 0 saturated heterocycles. The molecule has 1 atom stereocenters. The summed E-state index contributed by atoms with van der Waals surface area (Å²) in [6.45, 7) is 6.46. The van der Waals surface area contributed by atoms with Crippen LogP contribution in [-0.2, 0) is 27.2 Å². The van der Waals surface area contributed by atoms with Crippen molar-refractivity contribution < 1.29 is 23.9 Å². The van der Waals surface area contributed by atoms with Crippen LogP contribution >= 0.6 is 0 Å². The van der Waals surface area contributed by atoms with E-state index in [1.807, 2.05) is 18.2 Å². The van der Waals surface area contributed by atoms with Gasteiger partial charge in [-0.3, -0.25) is 10.1 Å². The molecule has 7 nitrogen and oxygen atoms in total. The molecule has 7 heteroatoms. The molecule has 142 valence electrons. The van der Waals surface area contributed by atoms with Crippen LogP contribution in [0.3, 0.4) is 0 Å². The Kier molecular flexibility index (Phi) is 6.23. The first-order chi connectivity index (χ1) is 12.1. The molecule has 0 spiro atoms. The fourth-order valence-corrected chi connectivity index (χ4v) is 2.65. The van der Waals surface area contributed by atoms with Crippen molar-refractivity contribution in [1.29, 1.82) is 0 Å². The van der Waals surface area contributed by atoms with Gasteiger partial charge in [-0.2, -0.15) is 0 Å². The smallest absolute Gasteiger partial charge is 0.344 e. The number of carbonyl (C=O) groups excluding carboxylic acids is 3. The van der Waals surface area contributed by atoms with Crippen LogP contribution in [0.2, 0.25) is 0 Å². The monoisotopic (exact) mass is 362 g/mol. The maximum absolute atomic E-state index is 11.9. The summed E-state index contributed by atoms with van der Waals surface area (Å²) < 4.78 is 10.4. The largest absolute Gasteiger partial charge is 0.482 e. The first kappa shape index (κ1) is 19.8. The number of ether oxygens (including phenoxy) is 2. The molecule has 0 heterocycles. The maximum atomic E-state index is 11.9. The summed E-state index contributed by atoms with van der Waals surface area (Å²) in [6, 6.07) is 5.12. The second kappa shape index (κ2) is 8.21. The van der Waals surface area contributed by atoms with Crippen molar-refractivity contribution in [2.75, 3.05) is 6.61 Å². The summed E-state index contributed by atoms with van der Waals surface area (Å²) in [5, 5.41) is 4.73. The van der Waals surface area contributed by atoms with Crippen molar-refractivity contribution in [3.63, 3.8) is 0 Å². The Morgan fingerprint density at radius 3 is 2.54 bits per heavy atom. The van der Waals surface area contributed by atoms with Crippen LogP contribution in [0.1, 0.15) is 45.2 Å². The van der Waals surface area contributed by atoms with Gasteiger partial charge in [-0.05, 0) is 70.2 Å². The zero-order valence-corrected chi connectivity index (χ0v) is 15.7. The molecule has 1 aliphatic carbocycles. The van der Waals surface area contributed by atoms with E-state index in [-0.39, 0.29) is 6.61 Å². The molecule has 2 rings (SSSR count). The number of hydrogen-bond acceptors (Lipinski definition) is 5. The Hall–Kier alpha value is -2.57. The molecule has 0 bridgehead atoms. The number of rotatable bonds is 5. The van der Waals surface area contributed by atoms with E-state index in [9.17, 15) is 14.4 Å². The molecule has 0 radical (unpaired) electrons. The molecule has 0 aromatic heterocycles. The minimum Gasteiger partial charge on any atom is -0.482 e. The highest BCUT2D eigenvalue weighted by atomic mass is 16.6. The van der Waals surface area contributed by atoms with E-state index in [4.69, 9.17) is 9.47 Å². The van der Waals surface area contributed by atoms with E-state index in [1.54, 1.807) is 20.8 Å². The molecule has 26 heavy (non-hydrogen) atoms. The van der Waals surface area contributed by atoms with Gasteiger partial charge in [0.25, 0.3) is 5.91 Å². The Morgan fingerprint density at radius 2 is 1.85 bits per heavy atom. The summed E-state index contributed by atoms with van der Waals surface area (Å²) in [6.07, 6.45) is 2.13. The van der Waals surface area contributed by atoms with Gasteiger partial charge in [0.15, 0.2) is 12.7 Å². The van der Waals surface area contributed by atoms with Crippen molar-refractivity contribution in [2.24, 2.45) is 0 Å². The molecule has 1 aromatic carbocycles. The van der Waals surface area contributed by atoms with E-state index in [0.29, 0.717) is 5.75 Å². The summed E-state index contributed by atoms with van der Waals surface area (Å²) in [7, 11) is 0. The topological polar surface area (TPSA) is 93.7 Å². The minimum absolute atomic E-state index is 0.301. The number of hydrogen-bond donors (Lipinski definition) is 2. The zero-order chi connectivity index (χ0) is 19.3. The van der Waals surface area contributed by atoms with Crippen LogP contribution in [0, 0.1) is 0 Å². The summed E-state index contributed by atoms with van der Waals surface area (Å²) in [5.41, 5.74) is 2.08. The molecule has 0 saturated carbocycles. The van der Waals surface area contributed by atoms with Gasteiger partial charge in [0.05, 0.1) is 0 Å². The van der Waals surface area contributed by atoms with Crippen LogP contribution in [0.5, 0.6) is 5.75 Å². The number of aryl methyl sites for hydroxylation is 2. The number of urea groups is 1. The number of imide groups is 1. The highest BCUT2D eigenvalue weighted by Gasteiger charge is 2.22. The normalized spacial score (nSPS) is 14.2. The van der Waals surface area contributed by atoms with E-state index >= 15 is 0 Å². The van der Waals surface area contributed by atoms with Crippen LogP contribution in [0.4, 0.5) is 4.79 Å². The number of esters is 1. The second-order valence-electron chi connectivity index (χ2n) is 7.40. The van der Waals surface area contributed by atoms with Crippen LogP contribution in [0.15, 0.2) is 18.2 Å². The van der Waals surface area contributed by atoms with Gasteiger partial charge in [0.1, 0.15) is 5.75 Å². The van der Waals surface area contributed by atoms with Gasteiger partial charge < -0.3 is 14.8 Å². The predicted molar refractivity (Wildman–Crippen MR) is 95.9 cm³/mol. The summed E-state index contributed by atoms with van der Waals surface area (Å²) in [4.78, 5) is 35.4. The van der Waals surface area contributed by atoms with Crippen LogP contribution in [0.25, 0.3) is 0 Å². The molecule has 3 amide bonds. The van der Waals surface area contributed by atoms with Gasteiger partial charge in [0.2, 0.25) is 0 Å². The summed E-state index contributed by atoms with van der Waals surface area (Å²) in [5.74, 6) is -0.772. The quantitative estimate of drug-likeness (QED) is 0.783. The predicted octanol–water partition coefficient (Wildman–Crippen LogP) is 2.11. The molecule has 0 fully saturated rings. The highest BCUT2D eigenvalue weighted by molar-refractivity contribution is 5.97. The number of nitrogens with one attached hydrogen (secondary N) is 2. The van der Waals surface area contributed by atoms with E-state index in [2.05, 4.69) is 10.6 Å². The van der Waals surface area contributed by atoms with Crippen molar-refractivity contribution in [3.05, 3.63) is 29.3 Å². The van der Waals surface area contributed by atoms with Gasteiger partial charge in [0, 0.05) is 5.54 Å². The highest BCUT2D eigenvalue weighted by Crippen LogP contribution is 2.25. The Labute approximate surface area is 153 Å². The number of carbonyl (C=O) groups is 3. The molecule has 2 N–H and O–H groups in total.